The molecule has 19 heavy (non-hydrogen) atoms. The van der Waals surface area contributed by atoms with E-state index >= 15 is 0 Å². The molecule has 1 N–H and O–H groups in total. The molecule has 0 unspecified atom stereocenters. The number of hydrogen-bond donors (Lipinski definition) is 1. The number of nitrogens with zero attached hydrogens (tertiary/aromatic N) is 2. The quantitative estimate of drug-likeness (QED) is 0.860. The average Bonchev–Trinajstić information content (AvgIpc) is 2.62. The molecule has 6 nitrogen and oxygen atoms in total. The first-order chi connectivity index (χ1) is 8.92. The second-order valence-electron chi connectivity index (χ2n) is 4.37. The number of hydrogen-bond acceptors (Lipinski definition) is 4. The van der Waals surface area contributed by atoms with Gasteiger partial charge in [0, 0.05) is 26.1 Å². The fourth-order valence-corrected chi connectivity index (χ4v) is 2.99. The van der Waals surface area contributed by atoms with Crippen molar-refractivity contribution in [3.05, 3.63) is 29.8 Å². The van der Waals surface area contributed by atoms with Gasteiger partial charge >= 0.3 is 0 Å². The minimum Gasteiger partial charge on any atom is -0.349 e. The van der Waals surface area contributed by atoms with Crippen molar-refractivity contribution in [3.8, 4) is 0 Å². The lowest BCUT2D eigenvalue weighted by Crippen LogP contribution is -2.24. The van der Waals surface area contributed by atoms with Crippen LogP contribution in [0.1, 0.15) is 12.0 Å². The monoisotopic (exact) mass is 281 g/mol. The highest BCUT2D eigenvalue weighted by Gasteiger charge is 2.29. The predicted octanol–water partition coefficient (Wildman–Crippen LogP) is 0.203. The van der Waals surface area contributed by atoms with Crippen LogP contribution < -0.4 is 4.72 Å². The number of amidine groups is 1. The Kier molecular flexibility index (Phi) is 3.57. The molecule has 0 radical (unpaired) electrons. The van der Waals surface area contributed by atoms with Crippen LogP contribution in [0.5, 0.6) is 0 Å². The van der Waals surface area contributed by atoms with E-state index in [-0.39, 0.29) is 23.8 Å². The summed E-state index contributed by atoms with van der Waals surface area (Å²) in [5.41, 5.74) is 0.555. The fraction of sp³-hybridized carbons (Fsp3) is 0.333. The van der Waals surface area contributed by atoms with Gasteiger partial charge in [-0.2, -0.15) is 0 Å². The molecule has 2 rings (SSSR count). The highest BCUT2D eigenvalue weighted by molar-refractivity contribution is 7.90. The van der Waals surface area contributed by atoms with Crippen molar-refractivity contribution in [3.63, 3.8) is 0 Å². The molecule has 0 saturated carbocycles. The molecule has 1 heterocycles. The van der Waals surface area contributed by atoms with E-state index in [1.807, 2.05) is 0 Å². The average molecular weight is 281 g/mol. The lowest BCUT2D eigenvalue weighted by molar-refractivity contribution is -0.128. The van der Waals surface area contributed by atoms with Gasteiger partial charge in [-0.05, 0) is 12.1 Å². The molecule has 0 bridgehead atoms. The van der Waals surface area contributed by atoms with Crippen LogP contribution in [0.2, 0.25) is 0 Å². The molecule has 0 aromatic heterocycles. The van der Waals surface area contributed by atoms with Crippen molar-refractivity contribution in [1.29, 1.82) is 0 Å². The van der Waals surface area contributed by atoms with E-state index in [0.29, 0.717) is 11.4 Å². The first kappa shape index (κ1) is 13.5. The topological polar surface area (TPSA) is 78.8 Å². The number of rotatable bonds is 3. The molecule has 1 aliphatic heterocycles. The SMILES string of the molecule is CN(C)C(=O)CCN=C1NS(=O)(=O)c2ccccc21. The third kappa shape index (κ3) is 2.76. The normalized spacial score (nSPS) is 17.9. The lowest BCUT2D eigenvalue weighted by atomic mass is 10.2. The van der Waals surface area contributed by atoms with E-state index in [4.69, 9.17) is 0 Å². The fourth-order valence-electron chi connectivity index (χ4n) is 1.74. The smallest absolute Gasteiger partial charge is 0.263 e. The molecule has 0 aliphatic carbocycles. The van der Waals surface area contributed by atoms with Crippen molar-refractivity contribution in [2.45, 2.75) is 11.3 Å². The van der Waals surface area contributed by atoms with Crippen molar-refractivity contribution in [2.75, 3.05) is 20.6 Å². The Balaban J connectivity index is 2.18. The first-order valence-corrected chi connectivity index (χ1v) is 7.27. The molecule has 0 atom stereocenters. The third-order valence-electron chi connectivity index (χ3n) is 2.76. The van der Waals surface area contributed by atoms with Gasteiger partial charge in [-0.1, -0.05) is 12.1 Å². The summed E-state index contributed by atoms with van der Waals surface area (Å²) in [5.74, 6) is 0.264. The van der Waals surface area contributed by atoms with Gasteiger partial charge in [0.1, 0.15) is 5.84 Å². The standard InChI is InChI=1S/C12H15N3O3S/c1-15(2)11(16)7-8-13-12-9-5-3-4-6-10(9)19(17,18)14-12/h3-6H,7-8H2,1-2H3,(H,13,14). The van der Waals surface area contributed by atoms with Gasteiger partial charge in [0.05, 0.1) is 11.4 Å². The Morgan fingerprint density at radius 1 is 1.32 bits per heavy atom. The van der Waals surface area contributed by atoms with E-state index in [9.17, 15) is 13.2 Å². The number of nitrogens with one attached hydrogen (secondary N) is 1. The van der Waals surface area contributed by atoms with Gasteiger partial charge < -0.3 is 4.90 Å². The Morgan fingerprint density at radius 3 is 2.68 bits per heavy atom. The maximum absolute atomic E-state index is 11.8. The van der Waals surface area contributed by atoms with E-state index in [1.54, 1.807) is 32.3 Å². The number of carbonyl (C=O) groups excluding carboxylic acids is 1. The number of carbonyl (C=O) groups is 1. The number of sulfonamides is 1. The number of aliphatic imine (C=N–C) groups is 1. The van der Waals surface area contributed by atoms with Gasteiger partial charge in [0.15, 0.2) is 0 Å². The molecule has 102 valence electrons. The summed E-state index contributed by atoms with van der Waals surface area (Å²) >= 11 is 0. The molecule has 1 amide bonds. The van der Waals surface area contributed by atoms with Crippen LogP contribution in [0.4, 0.5) is 0 Å². The number of benzene rings is 1. The number of fused-ring (bicyclic) bond motifs is 1. The van der Waals surface area contributed by atoms with Crippen molar-refractivity contribution >= 4 is 21.8 Å². The first-order valence-electron chi connectivity index (χ1n) is 5.78. The highest BCUT2D eigenvalue weighted by atomic mass is 32.2. The summed E-state index contributed by atoms with van der Waals surface area (Å²) in [6, 6.07) is 6.64. The van der Waals surface area contributed by atoms with Gasteiger partial charge in [-0.15, -0.1) is 0 Å². The van der Waals surface area contributed by atoms with Crippen LogP contribution in [0, 0.1) is 0 Å². The largest absolute Gasteiger partial charge is 0.349 e. The summed E-state index contributed by atoms with van der Waals surface area (Å²) in [5, 5.41) is 0. The molecule has 0 fully saturated rings. The zero-order chi connectivity index (χ0) is 14.0. The van der Waals surface area contributed by atoms with Gasteiger partial charge in [-0.3, -0.25) is 14.5 Å². The minimum absolute atomic E-state index is 0.0431. The Labute approximate surface area is 112 Å². The molecule has 0 saturated heterocycles. The minimum atomic E-state index is -3.50. The second kappa shape index (κ2) is 5.00. The zero-order valence-corrected chi connectivity index (χ0v) is 11.6. The summed E-state index contributed by atoms with van der Waals surface area (Å²) in [4.78, 5) is 17.3. The molecule has 7 heteroatoms. The van der Waals surface area contributed by atoms with Gasteiger partial charge in [-0.25, -0.2) is 8.42 Å². The molecular weight excluding hydrogens is 266 g/mol. The van der Waals surface area contributed by atoms with Crippen LogP contribution in [-0.2, 0) is 14.8 Å². The van der Waals surface area contributed by atoms with Crippen LogP contribution in [-0.4, -0.2) is 45.7 Å². The summed E-state index contributed by atoms with van der Waals surface area (Å²) in [6.45, 7) is 0.253. The van der Waals surface area contributed by atoms with E-state index in [0.717, 1.165) is 0 Å². The summed E-state index contributed by atoms with van der Waals surface area (Å²) in [6.07, 6.45) is 0.250. The molecule has 0 spiro atoms. The zero-order valence-electron chi connectivity index (χ0n) is 10.8. The van der Waals surface area contributed by atoms with Crippen LogP contribution in [0.25, 0.3) is 0 Å². The van der Waals surface area contributed by atoms with Crippen molar-refractivity contribution < 1.29 is 13.2 Å². The van der Waals surface area contributed by atoms with Crippen molar-refractivity contribution in [1.82, 2.24) is 9.62 Å². The van der Waals surface area contributed by atoms with Gasteiger partial charge in [0.25, 0.3) is 10.0 Å². The predicted molar refractivity (Wildman–Crippen MR) is 71.5 cm³/mol. The van der Waals surface area contributed by atoms with Gasteiger partial charge in [0.2, 0.25) is 5.91 Å². The molecular formula is C12H15N3O3S. The molecule has 1 aliphatic rings. The number of amides is 1. The van der Waals surface area contributed by atoms with Crippen LogP contribution >= 0.6 is 0 Å². The van der Waals surface area contributed by atoms with E-state index < -0.39 is 10.0 Å². The molecule has 1 aromatic carbocycles. The van der Waals surface area contributed by atoms with E-state index in [1.165, 1.54) is 11.0 Å². The summed E-state index contributed by atoms with van der Waals surface area (Å²) < 4.78 is 26.0. The maximum Gasteiger partial charge on any atom is 0.263 e. The Bertz CT molecular complexity index is 635. The van der Waals surface area contributed by atoms with Crippen molar-refractivity contribution in [2.24, 2.45) is 4.99 Å². The highest BCUT2D eigenvalue weighted by Crippen LogP contribution is 2.22. The third-order valence-corrected chi connectivity index (χ3v) is 4.15. The maximum atomic E-state index is 11.8. The Morgan fingerprint density at radius 2 is 2.00 bits per heavy atom. The van der Waals surface area contributed by atoms with Crippen LogP contribution in [0.3, 0.4) is 0 Å². The van der Waals surface area contributed by atoms with E-state index in [2.05, 4.69) is 9.71 Å². The summed E-state index contributed by atoms with van der Waals surface area (Å²) in [7, 11) is -0.159. The molecule has 1 aromatic rings. The van der Waals surface area contributed by atoms with Crippen LogP contribution in [0.15, 0.2) is 34.2 Å². The lowest BCUT2D eigenvalue weighted by Gasteiger charge is -2.08. The Hall–Kier alpha value is -1.89. The second-order valence-corrected chi connectivity index (χ2v) is 6.02.